The first-order valence-corrected chi connectivity index (χ1v) is 8.86. The quantitative estimate of drug-likeness (QED) is 0.721. The van der Waals surface area contributed by atoms with Crippen LogP contribution in [0.1, 0.15) is 79.1 Å². The van der Waals surface area contributed by atoms with Crippen molar-refractivity contribution in [3.63, 3.8) is 0 Å². The standard InChI is InChI=1S/C18H34N2O2/c1-5-6-11-14(16(19)21)15(12-13-9-7-8-10-13)17(22)20-18(2,3)4/h13-15H,5-12H2,1-4H3,(H2,19,21)(H,20,22). The van der Waals surface area contributed by atoms with Crippen molar-refractivity contribution in [2.24, 2.45) is 23.5 Å². The molecule has 4 nitrogen and oxygen atoms in total. The summed E-state index contributed by atoms with van der Waals surface area (Å²) >= 11 is 0. The zero-order valence-corrected chi connectivity index (χ0v) is 14.8. The molecule has 1 fully saturated rings. The largest absolute Gasteiger partial charge is 0.369 e. The summed E-state index contributed by atoms with van der Waals surface area (Å²) in [6.45, 7) is 8.02. The van der Waals surface area contributed by atoms with Crippen molar-refractivity contribution in [3.8, 4) is 0 Å². The van der Waals surface area contributed by atoms with Gasteiger partial charge in [-0.2, -0.15) is 0 Å². The molecule has 0 aliphatic heterocycles. The average Bonchev–Trinajstić information content (AvgIpc) is 2.88. The molecule has 2 unspecified atom stereocenters. The number of nitrogens with one attached hydrogen (secondary N) is 1. The van der Waals surface area contributed by atoms with Crippen molar-refractivity contribution in [2.75, 3.05) is 0 Å². The van der Waals surface area contributed by atoms with Gasteiger partial charge >= 0.3 is 0 Å². The van der Waals surface area contributed by atoms with Gasteiger partial charge in [-0.25, -0.2) is 0 Å². The number of amides is 2. The molecular formula is C18H34N2O2. The van der Waals surface area contributed by atoms with Gasteiger partial charge in [0.25, 0.3) is 0 Å². The minimum atomic E-state index is -0.331. The van der Waals surface area contributed by atoms with Gasteiger partial charge in [0.15, 0.2) is 0 Å². The lowest BCUT2D eigenvalue weighted by atomic mass is 9.79. The third-order valence-corrected chi connectivity index (χ3v) is 4.62. The first kappa shape index (κ1) is 19.0. The minimum absolute atomic E-state index is 0.000645. The van der Waals surface area contributed by atoms with Crippen LogP contribution in [0.5, 0.6) is 0 Å². The molecular weight excluding hydrogens is 276 g/mol. The van der Waals surface area contributed by atoms with E-state index in [4.69, 9.17) is 5.73 Å². The molecule has 4 heteroatoms. The Morgan fingerprint density at radius 1 is 1.18 bits per heavy atom. The topological polar surface area (TPSA) is 72.2 Å². The highest BCUT2D eigenvalue weighted by atomic mass is 16.2. The number of carbonyl (C=O) groups is 2. The molecule has 0 aromatic rings. The van der Waals surface area contributed by atoms with Crippen LogP contribution in [0.3, 0.4) is 0 Å². The maximum Gasteiger partial charge on any atom is 0.224 e. The van der Waals surface area contributed by atoms with Crippen LogP contribution in [0, 0.1) is 17.8 Å². The second-order valence-electron chi connectivity index (χ2n) is 7.88. The van der Waals surface area contributed by atoms with Gasteiger partial charge in [-0.3, -0.25) is 9.59 Å². The number of hydrogen-bond donors (Lipinski definition) is 2. The van der Waals surface area contributed by atoms with E-state index in [1.165, 1.54) is 25.7 Å². The van der Waals surface area contributed by atoms with Gasteiger partial charge in [0.2, 0.25) is 11.8 Å². The molecule has 0 aromatic heterocycles. The average molecular weight is 310 g/mol. The van der Waals surface area contributed by atoms with E-state index in [0.29, 0.717) is 5.92 Å². The van der Waals surface area contributed by atoms with Crippen molar-refractivity contribution >= 4 is 11.8 Å². The molecule has 22 heavy (non-hydrogen) atoms. The number of hydrogen-bond acceptors (Lipinski definition) is 2. The summed E-state index contributed by atoms with van der Waals surface area (Å²) in [4.78, 5) is 24.7. The van der Waals surface area contributed by atoms with Gasteiger partial charge in [-0.15, -0.1) is 0 Å². The fourth-order valence-corrected chi connectivity index (χ4v) is 3.49. The molecule has 1 aliphatic rings. The van der Waals surface area contributed by atoms with Gasteiger partial charge in [0.05, 0.1) is 0 Å². The molecule has 1 saturated carbocycles. The highest BCUT2D eigenvalue weighted by Gasteiger charge is 2.35. The fraction of sp³-hybridized carbons (Fsp3) is 0.889. The summed E-state index contributed by atoms with van der Waals surface area (Å²) < 4.78 is 0. The van der Waals surface area contributed by atoms with Crippen molar-refractivity contribution in [3.05, 3.63) is 0 Å². The van der Waals surface area contributed by atoms with E-state index in [2.05, 4.69) is 12.2 Å². The van der Waals surface area contributed by atoms with Crippen molar-refractivity contribution < 1.29 is 9.59 Å². The Hall–Kier alpha value is -1.06. The second-order valence-corrected chi connectivity index (χ2v) is 7.88. The lowest BCUT2D eigenvalue weighted by molar-refractivity contribution is -0.135. The molecule has 3 N–H and O–H groups in total. The summed E-state index contributed by atoms with van der Waals surface area (Å²) in [6.07, 6.45) is 8.33. The van der Waals surface area contributed by atoms with Crippen LogP contribution in [0.15, 0.2) is 0 Å². The Bertz CT molecular complexity index is 368. The van der Waals surface area contributed by atoms with Crippen LogP contribution in [0.2, 0.25) is 0 Å². The van der Waals surface area contributed by atoms with E-state index >= 15 is 0 Å². The highest BCUT2D eigenvalue weighted by Crippen LogP contribution is 2.34. The lowest BCUT2D eigenvalue weighted by Gasteiger charge is -2.30. The smallest absolute Gasteiger partial charge is 0.224 e. The van der Waals surface area contributed by atoms with Crippen LogP contribution in [-0.4, -0.2) is 17.4 Å². The van der Waals surface area contributed by atoms with Gasteiger partial charge in [0.1, 0.15) is 0 Å². The first-order valence-electron chi connectivity index (χ1n) is 8.86. The predicted molar refractivity (Wildman–Crippen MR) is 90.2 cm³/mol. The van der Waals surface area contributed by atoms with Crippen LogP contribution in [-0.2, 0) is 9.59 Å². The molecule has 2 atom stereocenters. The fourth-order valence-electron chi connectivity index (χ4n) is 3.49. The van der Waals surface area contributed by atoms with Crippen LogP contribution >= 0.6 is 0 Å². The molecule has 2 amide bonds. The van der Waals surface area contributed by atoms with Crippen molar-refractivity contribution in [1.82, 2.24) is 5.32 Å². The molecule has 0 bridgehead atoms. The Morgan fingerprint density at radius 2 is 1.77 bits per heavy atom. The Kier molecular flexibility index (Phi) is 7.37. The molecule has 0 saturated heterocycles. The molecule has 1 aliphatic carbocycles. The second kappa shape index (κ2) is 8.54. The molecule has 0 spiro atoms. The maximum atomic E-state index is 12.7. The van der Waals surface area contributed by atoms with Crippen molar-refractivity contribution in [1.29, 1.82) is 0 Å². The van der Waals surface area contributed by atoms with E-state index in [1.54, 1.807) is 0 Å². The third kappa shape index (κ3) is 6.37. The van der Waals surface area contributed by atoms with E-state index in [1.807, 2.05) is 20.8 Å². The van der Waals surface area contributed by atoms with E-state index in [0.717, 1.165) is 25.7 Å². The summed E-state index contributed by atoms with van der Waals surface area (Å²) in [5, 5.41) is 3.06. The number of rotatable bonds is 8. The summed E-state index contributed by atoms with van der Waals surface area (Å²) in [5.74, 6) is -0.353. The molecule has 0 heterocycles. The highest BCUT2D eigenvalue weighted by molar-refractivity contribution is 5.87. The summed E-state index contributed by atoms with van der Waals surface area (Å²) in [6, 6.07) is 0. The normalized spacial score (nSPS) is 18.9. The monoisotopic (exact) mass is 310 g/mol. The Labute approximate surface area is 135 Å². The molecule has 0 aromatic carbocycles. The van der Waals surface area contributed by atoms with Gasteiger partial charge < -0.3 is 11.1 Å². The molecule has 0 radical (unpaired) electrons. The maximum absolute atomic E-state index is 12.7. The van der Waals surface area contributed by atoms with Crippen LogP contribution in [0.25, 0.3) is 0 Å². The first-order chi connectivity index (χ1) is 10.2. The summed E-state index contributed by atoms with van der Waals surface area (Å²) in [7, 11) is 0. The van der Waals surface area contributed by atoms with Gasteiger partial charge in [-0.1, -0.05) is 45.4 Å². The zero-order valence-electron chi connectivity index (χ0n) is 14.8. The van der Waals surface area contributed by atoms with E-state index < -0.39 is 0 Å². The van der Waals surface area contributed by atoms with Crippen LogP contribution in [0.4, 0.5) is 0 Å². The molecule has 1 rings (SSSR count). The minimum Gasteiger partial charge on any atom is -0.369 e. The number of nitrogens with two attached hydrogens (primary N) is 1. The van der Waals surface area contributed by atoms with E-state index in [-0.39, 0.29) is 29.2 Å². The summed E-state index contributed by atoms with van der Waals surface area (Å²) in [5.41, 5.74) is 5.36. The number of carbonyl (C=O) groups excluding carboxylic acids is 2. The van der Waals surface area contributed by atoms with E-state index in [9.17, 15) is 9.59 Å². The molecule has 128 valence electrons. The number of unbranched alkanes of at least 4 members (excludes halogenated alkanes) is 1. The Morgan fingerprint density at radius 3 is 2.23 bits per heavy atom. The van der Waals surface area contributed by atoms with Crippen LogP contribution < -0.4 is 11.1 Å². The lowest BCUT2D eigenvalue weighted by Crippen LogP contribution is -2.48. The van der Waals surface area contributed by atoms with Gasteiger partial charge in [0, 0.05) is 17.4 Å². The van der Waals surface area contributed by atoms with Gasteiger partial charge in [-0.05, 0) is 39.5 Å². The third-order valence-electron chi connectivity index (χ3n) is 4.62. The number of primary amides is 1. The Balaban J connectivity index is 2.85. The SMILES string of the molecule is CCCCC(C(N)=O)C(CC1CCCC1)C(=O)NC(C)(C)C. The zero-order chi connectivity index (χ0) is 16.8. The predicted octanol–water partition coefficient (Wildman–Crippen LogP) is 3.39. The van der Waals surface area contributed by atoms with Crippen molar-refractivity contribution in [2.45, 2.75) is 84.6 Å².